The Hall–Kier alpha value is -0.320. The molecule has 156 valence electrons. The molecule has 5 atom stereocenters. The minimum atomic E-state index is -1.15. The maximum Gasteiger partial charge on any atom is 0.186 e. The second-order valence-electron chi connectivity index (χ2n) is 7.17. The van der Waals surface area contributed by atoms with Crippen molar-refractivity contribution < 1.29 is 29.2 Å². The van der Waals surface area contributed by atoms with Crippen LogP contribution in [0.2, 0.25) is 0 Å². The van der Waals surface area contributed by atoms with E-state index in [1.807, 2.05) is 27.7 Å². The van der Waals surface area contributed by atoms with E-state index in [-0.39, 0.29) is 12.2 Å². The van der Waals surface area contributed by atoms with Crippen molar-refractivity contribution in [2.45, 2.75) is 83.5 Å². The first-order chi connectivity index (χ1) is 12.4. The highest BCUT2D eigenvalue weighted by atomic mass is 16.7. The Balaban J connectivity index is 2.47. The number of hydrogen-bond donors (Lipinski definition) is 4. The molecule has 0 aliphatic carbocycles. The molecule has 26 heavy (non-hydrogen) atoms. The van der Waals surface area contributed by atoms with Crippen LogP contribution in [0.25, 0.3) is 0 Å². The topological polar surface area (TPSA) is 115 Å². The lowest BCUT2D eigenvalue weighted by molar-refractivity contribution is -0.312. The van der Waals surface area contributed by atoms with E-state index in [9.17, 15) is 10.2 Å². The van der Waals surface area contributed by atoms with Gasteiger partial charge >= 0.3 is 0 Å². The van der Waals surface area contributed by atoms with E-state index in [4.69, 9.17) is 24.7 Å². The maximum atomic E-state index is 10.5. The summed E-state index contributed by atoms with van der Waals surface area (Å²) in [6, 6.07) is 0. The summed E-state index contributed by atoms with van der Waals surface area (Å²) in [5, 5.41) is 24.0. The average Bonchev–Trinajstić information content (AvgIpc) is 2.57. The number of hydrogen-bond acceptors (Lipinski definition) is 8. The Morgan fingerprint density at radius 1 is 1.00 bits per heavy atom. The summed E-state index contributed by atoms with van der Waals surface area (Å²) in [7, 11) is 0. The van der Waals surface area contributed by atoms with E-state index in [0.717, 1.165) is 19.4 Å². The summed E-state index contributed by atoms with van der Waals surface area (Å²) in [6.07, 6.45) is -2.60. The summed E-state index contributed by atoms with van der Waals surface area (Å²) >= 11 is 0. The van der Waals surface area contributed by atoms with Crippen molar-refractivity contribution in [3.63, 3.8) is 0 Å². The summed E-state index contributed by atoms with van der Waals surface area (Å²) < 4.78 is 22.7. The second-order valence-corrected chi connectivity index (χ2v) is 7.17. The van der Waals surface area contributed by atoms with Gasteiger partial charge in [0.1, 0.15) is 24.4 Å². The van der Waals surface area contributed by atoms with Crippen LogP contribution in [0, 0.1) is 0 Å². The van der Waals surface area contributed by atoms with E-state index in [2.05, 4.69) is 5.32 Å². The molecule has 0 saturated carbocycles. The Bertz CT molecular complexity index is 359. The van der Waals surface area contributed by atoms with Gasteiger partial charge in [0.15, 0.2) is 6.29 Å². The van der Waals surface area contributed by atoms with Crippen LogP contribution in [-0.2, 0) is 18.9 Å². The molecule has 8 heteroatoms. The molecule has 0 radical (unpaired) electrons. The fourth-order valence-corrected chi connectivity index (χ4v) is 2.76. The smallest absolute Gasteiger partial charge is 0.186 e. The van der Waals surface area contributed by atoms with Gasteiger partial charge in [-0.2, -0.15) is 0 Å². The van der Waals surface area contributed by atoms with E-state index >= 15 is 0 Å². The van der Waals surface area contributed by atoms with Crippen molar-refractivity contribution in [3.05, 3.63) is 0 Å². The Morgan fingerprint density at radius 3 is 2.27 bits per heavy atom. The average molecular weight is 379 g/mol. The fourth-order valence-electron chi connectivity index (χ4n) is 2.76. The highest BCUT2D eigenvalue weighted by molar-refractivity contribution is 4.92. The van der Waals surface area contributed by atoms with Gasteiger partial charge in [-0.15, -0.1) is 0 Å². The second kappa shape index (κ2) is 13.0. The molecule has 1 heterocycles. The van der Waals surface area contributed by atoms with Gasteiger partial charge in [0.05, 0.1) is 12.2 Å². The van der Waals surface area contributed by atoms with Crippen molar-refractivity contribution >= 4 is 0 Å². The molecule has 0 aromatic heterocycles. The molecule has 0 spiro atoms. The molecule has 0 aromatic carbocycles. The third-order valence-electron chi connectivity index (χ3n) is 3.96. The van der Waals surface area contributed by atoms with Crippen LogP contribution >= 0.6 is 0 Å². The maximum absolute atomic E-state index is 10.5. The summed E-state index contributed by atoms with van der Waals surface area (Å²) in [5.41, 5.74) is 5.42. The molecular weight excluding hydrogens is 340 g/mol. The van der Waals surface area contributed by atoms with Crippen molar-refractivity contribution in [1.29, 1.82) is 0 Å². The number of aliphatic hydroxyl groups is 2. The van der Waals surface area contributed by atoms with Gasteiger partial charge in [-0.1, -0.05) is 0 Å². The molecule has 1 fully saturated rings. The predicted octanol–water partition coefficient (Wildman–Crippen LogP) is -0.00320. The minimum absolute atomic E-state index is 0.0912. The minimum Gasteiger partial charge on any atom is -0.387 e. The number of aliphatic hydroxyl groups excluding tert-OH is 2. The van der Waals surface area contributed by atoms with Crippen molar-refractivity contribution in [3.8, 4) is 0 Å². The largest absolute Gasteiger partial charge is 0.387 e. The first kappa shape index (κ1) is 23.7. The van der Waals surface area contributed by atoms with E-state index in [1.165, 1.54) is 0 Å². The molecule has 0 bridgehead atoms. The molecule has 1 saturated heterocycles. The summed E-state index contributed by atoms with van der Waals surface area (Å²) in [4.78, 5) is 0. The zero-order chi connectivity index (χ0) is 19.5. The zero-order valence-corrected chi connectivity index (χ0v) is 16.6. The van der Waals surface area contributed by atoms with Gasteiger partial charge < -0.3 is 40.2 Å². The number of nitrogens with two attached hydrogens (primary N) is 1. The fraction of sp³-hybridized carbons (Fsp3) is 1.00. The highest BCUT2D eigenvalue weighted by Gasteiger charge is 2.46. The Morgan fingerprint density at radius 2 is 1.65 bits per heavy atom. The number of nitrogens with one attached hydrogen (secondary N) is 1. The van der Waals surface area contributed by atoms with Gasteiger partial charge in [0.2, 0.25) is 0 Å². The van der Waals surface area contributed by atoms with Gasteiger partial charge in [0, 0.05) is 19.8 Å². The van der Waals surface area contributed by atoms with Crippen LogP contribution in [0.4, 0.5) is 0 Å². The highest BCUT2D eigenvalue weighted by Crippen LogP contribution is 2.25. The van der Waals surface area contributed by atoms with E-state index in [1.54, 1.807) is 0 Å². The first-order valence-electron chi connectivity index (χ1n) is 9.67. The van der Waals surface area contributed by atoms with Gasteiger partial charge in [-0.3, -0.25) is 0 Å². The van der Waals surface area contributed by atoms with Crippen LogP contribution in [0.3, 0.4) is 0 Å². The van der Waals surface area contributed by atoms with Crippen LogP contribution in [0.1, 0.15) is 40.5 Å². The molecule has 5 unspecified atom stereocenters. The lowest BCUT2D eigenvalue weighted by Crippen LogP contribution is -2.62. The molecule has 1 aliphatic rings. The molecule has 0 amide bonds. The lowest BCUT2D eigenvalue weighted by Gasteiger charge is -2.43. The van der Waals surface area contributed by atoms with Crippen molar-refractivity contribution in [2.24, 2.45) is 5.73 Å². The summed E-state index contributed by atoms with van der Waals surface area (Å²) in [6.45, 7) is 10.7. The Labute approximate surface area is 157 Å². The third-order valence-corrected chi connectivity index (χ3v) is 3.96. The Kier molecular flexibility index (Phi) is 11.8. The first-order valence-corrected chi connectivity index (χ1v) is 9.67. The van der Waals surface area contributed by atoms with Crippen LogP contribution in [-0.4, -0.2) is 86.0 Å². The predicted molar refractivity (Wildman–Crippen MR) is 98.9 cm³/mol. The lowest BCUT2D eigenvalue weighted by atomic mass is 9.98. The van der Waals surface area contributed by atoms with Crippen LogP contribution in [0.15, 0.2) is 0 Å². The zero-order valence-electron chi connectivity index (χ0n) is 16.6. The molecule has 5 N–H and O–H groups in total. The van der Waals surface area contributed by atoms with Crippen LogP contribution < -0.4 is 11.1 Å². The molecule has 1 aliphatic heterocycles. The van der Waals surface area contributed by atoms with Gasteiger partial charge in [-0.05, 0) is 53.6 Å². The monoisotopic (exact) mass is 378 g/mol. The molecular formula is C18H38N2O6. The van der Waals surface area contributed by atoms with E-state index < -0.39 is 30.7 Å². The summed E-state index contributed by atoms with van der Waals surface area (Å²) in [5.74, 6) is 0. The number of rotatable bonds is 13. The standard InChI is InChI=1S/C18H38N2O6/c1-12(2)24-17-14(11-20-8-6-10-23-9-5-7-19)26-18(25-13(3)4)16(22)15(17)21/h12-18,20-22H,5-11,19H2,1-4H3. The quantitative estimate of drug-likeness (QED) is 0.331. The van der Waals surface area contributed by atoms with Gasteiger partial charge in [0.25, 0.3) is 0 Å². The SMILES string of the molecule is CC(C)OC1OC(CNCCCOCCCN)C(OC(C)C)C(O)C1O. The van der Waals surface area contributed by atoms with Gasteiger partial charge in [-0.25, -0.2) is 0 Å². The molecule has 1 rings (SSSR count). The molecule has 0 aromatic rings. The van der Waals surface area contributed by atoms with Crippen molar-refractivity contribution in [2.75, 3.05) is 32.8 Å². The number of ether oxygens (including phenoxy) is 4. The molecule has 8 nitrogen and oxygen atoms in total. The van der Waals surface area contributed by atoms with E-state index in [0.29, 0.717) is 26.3 Å². The third kappa shape index (κ3) is 8.58. The van der Waals surface area contributed by atoms with Crippen LogP contribution in [0.5, 0.6) is 0 Å². The van der Waals surface area contributed by atoms with Crippen molar-refractivity contribution in [1.82, 2.24) is 5.32 Å². The normalized spacial score (nSPS) is 29.7.